The highest BCUT2D eigenvalue weighted by Crippen LogP contribution is 2.21. The minimum absolute atomic E-state index is 0.0412. The maximum Gasteiger partial charge on any atom is 0.254 e. The number of benzene rings is 1. The molecule has 0 radical (unpaired) electrons. The van der Waals surface area contributed by atoms with Crippen LogP contribution in [-0.4, -0.2) is 59.4 Å². The quantitative estimate of drug-likeness (QED) is 0.813. The minimum Gasteiger partial charge on any atom is -0.352 e. The van der Waals surface area contributed by atoms with Gasteiger partial charge in [0.2, 0.25) is 5.91 Å². The number of carbonyl (C=O) groups excluding carboxylic acids is 2. The molecule has 3 N–H and O–H groups in total. The monoisotopic (exact) mass is 386 g/mol. The first-order chi connectivity index (χ1) is 13.4. The van der Waals surface area contributed by atoms with Crippen molar-refractivity contribution < 1.29 is 9.59 Å². The maximum atomic E-state index is 13.0. The van der Waals surface area contributed by atoms with Crippen molar-refractivity contribution in [3.05, 3.63) is 35.4 Å². The van der Waals surface area contributed by atoms with E-state index < -0.39 is 6.04 Å². The van der Waals surface area contributed by atoms with Crippen LogP contribution >= 0.6 is 0 Å². The van der Waals surface area contributed by atoms with E-state index in [0.717, 1.165) is 19.6 Å². The number of likely N-dealkylation sites (tertiary alicyclic amines) is 2. The van der Waals surface area contributed by atoms with Crippen molar-refractivity contribution in [2.75, 3.05) is 19.6 Å². The largest absolute Gasteiger partial charge is 0.352 e. The Hall–Kier alpha value is -1.92. The van der Waals surface area contributed by atoms with Crippen LogP contribution in [-0.2, 0) is 11.3 Å². The lowest BCUT2D eigenvalue weighted by atomic mass is 10.1. The molecule has 0 aromatic heterocycles. The number of rotatable bonds is 5. The number of nitrogens with two attached hydrogens (primary N) is 1. The molecule has 1 aromatic carbocycles. The molecule has 28 heavy (non-hydrogen) atoms. The summed E-state index contributed by atoms with van der Waals surface area (Å²) in [4.78, 5) is 29.6. The first-order valence-corrected chi connectivity index (χ1v) is 10.6. The number of carbonyl (C=O) groups is 2. The highest BCUT2D eigenvalue weighted by atomic mass is 16.2. The van der Waals surface area contributed by atoms with Gasteiger partial charge in [0.15, 0.2) is 0 Å². The van der Waals surface area contributed by atoms with Gasteiger partial charge in [-0.05, 0) is 63.9 Å². The van der Waals surface area contributed by atoms with Crippen molar-refractivity contribution in [2.24, 2.45) is 5.73 Å². The molecular formula is C22H34N4O2. The lowest BCUT2D eigenvalue weighted by Gasteiger charge is -2.25. The molecular weight excluding hydrogens is 352 g/mol. The Bertz CT molecular complexity index is 666. The molecule has 6 nitrogen and oxygen atoms in total. The van der Waals surface area contributed by atoms with Crippen molar-refractivity contribution in [3.8, 4) is 0 Å². The summed E-state index contributed by atoms with van der Waals surface area (Å²) in [5.74, 6) is -0.229. The zero-order valence-electron chi connectivity index (χ0n) is 17.2. The van der Waals surface area contributed by atoms with Crippen LogP contribution in [0.5, 0.6) is 0 Å². The fourth-order valence-corrected chi connectivity index (χ4v) is 4.19. The SMILES string of the molecule is CC(C)NC(=O)C1CC(N)CN1C(=O)c1ccc(CN2CCCCCC2)cc1. The lowest BCUT2D eigenvalue weighted by Crippen LogP contribution is -2.47. The molecule has 2 unspecified atom stereocenters. The Morgan fingerprint density at radius 2 is 1.75 bits per heavy atom. The topological polar surface area (TPSA) is 78.7 Å². The number of amides is 2. The average molecular weight is 387 g/mol. The van der Waals surface area contributed by atoms with Gasteiger partial charge in [-0.2, -0.15) is 0 Å². The molecule has 1 aromatic rings. The summed E-state index contributed by atoms with van der Waals surface area (Å²) in [5, 5.41) is 2.91. The first-order valence-electron chi connectivity index (χ1n) is 10.6. The summed E-state index contributed by atoms with van der Waals surface area (Å²) in [6, 6.07) is 7.25. The van der Waals surface area contributed by atoms with Gasteiger partial charge in [0, 0.05) is 30.7 Å². The van der Waals surface area contributed by atoms with Crippen molar-refractivity contribution in [3.63, 3.8) is 0 Å². The van der Waals surface area contributed by atoms with E-state index in [2.05, 4.69) is 10.2 Å². The van der Waals surface area contributed by atoms with Crippen LogP contribution in [0.25, 0.3) is 0 Å². The number of nitrogens with one attached hydrogen (secondary N) is 1. The number of nitrogens with zero attached hydrogens (tertiary/aromatic N) is 2. The van der Waals surface area contributed by atoms with E-state index in [4.69, 9.17) is 5.73 Å². The standard InChI is InChI=1S/C22H34N4O2/c1-16(2)24-21(27)20-13-19(23)15-26(20)22(28)18-9-7-17(8-10-18)14-25-11-5-3-4-6-12-25/h7-10,16,19-20H,3-6,11-15,23H2,1-2H3,(H,24,27). The minimum atomic E-state index is -0.485. The second kappa shape index (κ2) is 9.52. The maximum absolute atomic E-state index is 13.0. The van der Waals surface area contributed by atoms with Gasteiger partial charge in [0.25, 0.3) is 5.91 Å². The van der Waals surface area contributed by atoms with Crippen LogP contribution in [0.2, 0.25) is 0 Å². The first kappa shape index (κ1) is 20.8. The van der Waals surface area contributed by atoms with Crippen LogP contribution in [0.1, 0.15) is 61.9 Å². The van der Waals surface area contributed by atoms with Gasteiger partial charge in [-0.15, -0.1) is 0 Å². The van der Waals surface area contributed by atoms with E-state index in [9.17, 15) is 9.59 Å². The average Bonchev–Trinajstić information content (AvgIpc) is 2.87. The zero-order valence-corrected chi connectivity index (χ0v) is 17.2. The lowest BCUT2D eigenvalue weighted by molar-refractivity contribution is -0.125. The van der Waals surface area contributed by atoms with Gasteiger partial charge in [0.05, 0.1) is 0 Å². The molecule has 0 bridgehead atoms. The fraction of sp³-hybridized carbons (Fsp3) is 0.636. The molecule has 2 aliphatic heterocycles. The van der Waals surface area contributed by atoms with Crippen LogP contribution in [0.4, 0.5) is 0 Å². The van der Waals surface area contributed by atoms with Gasteiger partial charge in [-0.3, -0.25) is 14.5 Å². The predicted octanol–water partition coefficient (Wildman–Crippen LogP) is 2.13. The van der Waals surface area contributed by atoms with E-state index in [0.29, 0.717) is 18.5 Å². The van der Waals surface area contributed by atoms with Crippen molar-refractivity contribution in [2.45, 2.75) is 70.6 Å². The van der Waals surface area contributed by atoms with Gasteiger partial charge in [-0.25, -0.2) is 0 Å². The van der Waals surface area contributed by atoms with Gasteiger partial charge >= 0.3 is 0 Å². The summed E-state index contributed by atoms with van der Waals surface area (Å²) >= 11 is 0. The third-order valence-corrected chi connectivity index (χ3v) is 5.63. The van der Waals surface area contributed by atoms with E-state index in [1.54, 1.807) is 4.90 Å². The molecule has 2 amide bonds. The predicted molar refractivity (Wildman–Crippen MR) is 111 cm³/mol. The fourth-order valence-electron chi connectivity index (χ4n) is 4.19. The second-order valence-electron chi connectivity index (χ2n) is 8.52. The van der Waals surface area contributed by atoms with E-state index >= 15 is 0 Å². The van der Waals surface area contributed by atoms with Gasteiger partial charge < -0.3 is 16.0 Å². The molecule has 0 aliphatic carbocycles. The molecule has 0 saturated carbocycles. The van der Waals surface area contributed by atoms with Crippen LogP contribution in [0.15, 0.2) is 24.3 Å². The van der Waals surface area contributed by atoms with Crippen LogP contribution in [0, 0.1) is 0 Å². The van der Waals surface area contributed by atoms with Gasteiger partial charge in [0.1, 0.15) is 6.04 Å². The molecule has 2 saturated heterocycles. The Kier molecular flexibility index (Phi) is 7.08. The summed E-state index contributed by atoms with van der Waals surface area (Å²) < 4.78 is 0. The summed E-state index contributed by atoms with van der Waals surface area (Å²) in [5.41, 5.74) is 7.91. The Morgan fingerprint density at radius 1 is 1.11 bits per heavy atom. The smallest absolute Gasteiger partial charge is 0.254 e. The Labute approximate surface area is 168 Å². The Morgan fingerprint density at radius 3 is 2.36 bits per heavy atom. The highest BCUT2D eigenvalue weighted by Gasteiger charge is 2.38. The van der Waals surface area contributed by atoms with Gasteiger partial charge in [-0.1, -0.05) is 25.0 Å². The normalized spacial score (nSPS) is 23.6. The molecule has 6 heteroatoms. The molecule has 2 atom stereocenters. The molecule has 0 spiro atoms. The van der Waals surface area contributed by atoms with Crippen LogP contribution < -0.4 is 11.1 Å². The van der Waals surface area contributed by atoms with E-state index in [1.165, 1.54) is 31.2 Å². The van der Waals surface area contributed by atoms with Crippen molar-refractivity contribution in [1.29, 1.82) is 0 Å². The molecule has 2 aliphatic rings. The number of hydrogen-bond acceptors (Lipinski definition) is 4. The van der Waals surface area contributed by atoms with E-state index in [-0.39, 0.29) is 23.9 Å². The van der Waals surface area contributed by atoms with Crippen molar-refractivity contribution >= 4 is 11.8 Å². The highest BCUT2D eigenvalue weighted by molar-refractivity contribution is 5.98. The zero-order chi connectivity index (χ0) is 20.1. The molecule has 3 rings (SSSR count). The molecule has 154 valence electrons. The summed E-state index contributed by atoms with van der Waals surface area (Å²) in [6.07, 6.45) is 5.70. The van der Waals surface area contributed by atoms with Crippen LogP contribution in [0.3, 0.4) is 0 Å². The third kappa shape index (κ3) is 5.32. The van der Waals surface area contributed by atoms with E-state index in [1.807, 2.05) is 38.1 Å². The number of hydrogen-bond donors (Lipinski definition) is 2. The summed E-state index contributed by atoms with van der Waals surface area (Å²) in [7, 11) is 0. The molecule has 2 heterocycles. The summed E-state index contributed by atoms with van der Waals surface area (Å²) in [6.45, 7) is 7.49. The second-order valence-corrected chi connectivity index (χ2v) is 8.52. The Balaban J connectivity index is 1.65. The van der Waals surface area contributed by atoms with Crippen molar-refractivity contribution in [1.82, 2.24) is 15.1 Å². The third-order valence-electron chi connectivity index (χ3n) is 5.63. The molecule has 2 fully saturated rings.